The maximum absolute atomic E-state index is 15.1. The molecule has 4 rings (SSSR count). The van der Waals surface area contributed by atoms with Crippen molar-refractivity contribution in [2.24, 2.45) is 0 Å². The van der Waals surface area contributed by atoms with Crippen molar-refractivity contribution in [1.29, 1.82) is 0 Å². The first-order valence-corrected chi connectivity index (χ1v) is 10.3. The zero-order chi connectivity index (χ0) is 19.7. The van der Waals surface area contributed by atoms with Gasteiger partial charge in [0.25, 0.3) is 10.0 Å². The second-order valence-corrected chi connectivity index (χ2v) is 8.33. The lowest BCUT2D eigenvalue weighted by molar-refractivity contribution is 0.586. The van der Waals surface area contributed by atoms with Crippen LogP contribution in [0, 0.1) is 12.7 Å². The van der Waals surface area contributed by atoms with Crippen LogP contribution in [0.3, 0.4) is 0 Å². The summed E-state index contributed by atoms with van der Waals surface area (Å²) in [5.74, 6) is -0.583. The maximum Gasteiger partial charge on any atom is 0.268 e. The van der Waals surface area contributed by atoms with E-state index in [9.17, 15) is 8.42 Å². The largest absolute Gasteiger partial charge is 0.268 e. The minimum Gasteiger partial charge on any atom is -0.230 e. The van der Waals surface area contributed by atoms with E-state index in [0.29, 0.717) is 11.1 Å². The monoisotopic (exact) mass is 391 g/mol. The predicted octanol–water partition coefficient (Wildman–Crippen LogP) is 5.51. The third kappa shape index (κ3) is 3.14. The van der Waals surface area contributed by atoms with Crippen molar-refractivity contribution >= 4 is 10.0 Å². The van der Waals surface area contributed by atoms with Crippen LogP contribution in [0.4, 0.5) is 4.39 Å². The molecule has 0 bridgehead atoms. The van der Waals surface area contributed by atoms with Crippen molar-refractivity contribution in [1.82, 2.24) is 3.97 Å². The fourth-order valence-electron chi connectivity index (χ4n) is 3.19. The summed E-state index contributed by atoms with van der Waals surface area (Å²) in [6, 6.07) is 25.5. The third-order valence-electron chi connectivity index (χ3n) is 4.59. The number of nitrogens with zero attached hydrogens (tertiary/aromatic N) is 1. The van der Waals surface area contributed by atoms with Crippen LogP contribution >= 0.6 is 0 Å². The molecule has 140 valence electrons. The number of rotatable bonds is 4. The Hall–Kier alpha value is -3.18. The van der Waals surface area contributed by atoms with Crippen molar-refractivity contribution in [3.8, 4) is 22.5 Å². The highest BCUT2D eigenvalue weighted by Crippen LogP contribution is 2.35. The Morgan fingerprint density at radius 2 is 1.29 bits per heavy atom. The summed E-state index contributed by atoms with van der Waals surface area (Å²) in [6.45, 7) is 1.89. The second kappa shape index (κ2) is 7.09. The Labute approximate surface area is 163 Å². The van der Waals surface area contributed by atoms with Gasteiger partial charge in [-0.2, -0.15) is 0 Å². The van der Waals surface area contributed by atoms with Crippen LogP contribution in [0.15, 0.2) is 95.9 Å². The van der Waals surface area contributed by atoms with Crippen molar-refractivity contribution in [3.05, 3.63) is 102 Å². The highest BCUT2D eigenvalue weighted by Gasteiger charge is 2.28. The normalized spacial score (nSPS) is 11.5. The predicted molar refractivity (Wildman–Crippen MR) is 109 cm³/mol. The molecule has 0 atom stereocenters. The molecule has 3 nitrogen and oxygen atoms in total. The van der Waals surface area contributed by atoms with E-state index in [1.54, 1.807) is 78.9 Å². The molecule has 0 N–H and O–H groups in total. The van der Waals surface area contributed by atoms with Gasteiger partial charge in [-0.1, -0.05) is 78.4 Å². The van der Waals surface area contributed by atoms with Gasteiger partial charge in [0, 0.05) is 11.6 Å². The van der Waals surface area contributed by atoms with E-state index in [4.69, 9.17) is 0 Å². The lowest BCUT2D eigenvalue weighted by Gasteiger charge is -2.15. The molecule has 0 amide bonds. The summed E-state index contributed by atoms with van der Waals surface area (Å²) >= 11 is 0. The summed E-state index contributed by atoms with van der Waals surface area (Å²) in [5, 5.41) is 0. The topological polar surface area (TPSA) is 39.1 Å². The van der Waals surface area contributed by atoms with Gasteiger partial charge in [-0.15, -0.1) is 0 Å². The van der Waals surface area contributed by atoms with E-state index in [0.717, 1.165) is 9.54 Å². The molecular weight excluding hydrogens is 373 g/mol. The Morgan fingerprint density at radius 1 is 0.750 bits per heavy atom. The lowest BCUT2D eigenvalue weighted by Crippen LogP contribution is -2.15. The maximum atomic E-state index is 15.1. The number of halogens is 1. The van der Waals surface area contributed by atoms with Gasteiger partial charge in [-0.05, 0) is 24.6 Å². The van der Waals surface area contributed by atoms with E-state index < -0.39 is 15.8 Å². The molecule has 0 saturated carbocycles. The number of benzene rings is 3. The van der Waals surface area contributed by atoms with E-state index in [-0.39, 0.29) is 16.3 Å². The quantitative estimate of drug-likeness (QED) is 0.460. The van der Waals surface area contributed by atoms with Gasteiger partial charge in [0.15, 0.2) is 5.82 Å². The Bertz CT molecular complexity index is 1210. The first-order chi connectivity index (χ1) is 13.5. The Morgan fingerprint density at radius 3 is 1.86 bits per heavy atom. The molecule has 0 saturated heterocycles. The second-order valence-electron chi connectivity index (χ2n) is 6.54. The molecular formula is C23H18FNO2S. The van der Waals surface area contributed by atoms with Gasteiger partial charge in [-0.25, -0.2) is 16.8 Å². The van der Waals surface area contributed by atoms with Gasteiger partial charge in [0.2, 0.25) is 0 Å². The fraction of sp³-hybridized carbons (Fsp3) is 0.0435. The van der Waals surface area contributed by atoms with Gasteiger partial charge in [0.1, 0.15) is 5.69 Å². The van der Waals surface area contributed by atoms with Gasteiger partial charge >= 0.3 is 0 Å². The van der Waals surface area contributed by atoms with Crippen LogP contribution in [0.5, 0.6) is 0 Å². The fourth-order valence-corrected chi connectivity index (χ4v) is 4.73. The number of hydrogen-bond acceptors (Lipinski definition) is 2. The van der Waals surface area contributed by atoms with Crippen LogP contribution in [0.2, 0.25) is 0 Å². The molecule has 0 radical (unpaired) electrons. The zero-order valence-electron chi connectivity index (χ0n) is 15.2. The van der Waals surface area contributed by atoms with Crippen molar-refractivity contribution in [3.63, 3.8) is 0 Å². The smallest absolute Gasteiger partial charge is 0.230 e. The molecule has 5 heteroatoms. The van der Waals surface area contributed by atoms with Crippen LogP contribution in [0.1, 0.15) is 5.56 Å². The Kier molecular flexibility index (Phi) is 4.61. The molecule has 0 aliphatic heterocycles. The van der Waals surface area contributed by atoms with Crippen molar-refractivity contribution < 1.29 is 12.8 Å². The van der Waals surface area contributed by atoms with Crippen LogP contribution in [-0.2, 0) is 10.0 Å². The van der Waals surface area contributed by atoms with Crippen molar-refractivity contribution in [2.75, 3.05) is 0 Å². The number of hydrogen-bond donors (Lipinski definition) is 0. The molecule has 0 unspecified atom stereocenters. The lowest BCUT2D eigenvalue weighted by atomic mass is 10.1. The van der Waals surface area contributed by atoms with Crippen LogP contribution in [0.25, 0.3) is 22.5 Å². The average Bonchev–Trinajstić information content (AvgIpc) is 3.08. The van der Waals surface area contributed by atoms with Crippen LogP contribution in [-0.4, -0.2) is 12.4 Å². The summed E-state index contributed by atoms with van der Waals surface area (Å²) in [6.07, 6.45) is 0. The summed E-state index contributed by atoms with van der Waals surface area (Å²) in [4.78, 5) is 0.114. The van der Waals surface area contributed by atoms with Gasteiger partial charge < -0.3 is 0 Å². The van der Waals surface area contributed by atoms with Crippen LogP contribution < -0.4 is 0 Å². The van der Waals surface area contributed by atoms with E-state index >= 15 is 4.39 Å². The zero-order valence-corrected chi connectivity index (χ0v) is 16.0. The van der Waals surface area contributed by atoms with E-state index in [1.807, 2.05) is 13.0 Å². The average molecular weight is 391 g/mol. The minimum absolute atomic E-state index is 0.0278. The molecule has 0 aliphatic carbocycles. The van der Waals surface area contributed by atoms with E-state index in [1.165, 1.54) is 6.07 Å². The van der Waals surface area contributed by atoms with E-state index in [2.05, 4.69) is 0 Å². The van der Waals surface area contributed by atoms with Gasteiger partial charge in [0.05, 0.1) is 10.6 Å². The molecule has 1 aromatic heterocycles. The summed E-state index contributed by atoms with van der Waals surface area (Å²) < 4.78 is 43.3. The highest BCUT2D eigenvalue weighted by molar-refractivity contribution is 7.90. The summed E-state index contributed by atoms with van der Waals surface area (Å²) in [7, 11) is -4.02. The Balaban J connectivity index is 2.05. The van der Waals surface area contributed by atoms with Crippen molar-refractivity contribution in [2.45, 2.75) is 11.8 Å². The summed E-state index contributed by atoms with van der Waals surface area (Å²) in [5.41, 5.74) is 2.39. The minimum atomic E-state index is -4.02. The number of aryl methyl sites for hydroxylation is 1. The first-order valence-electron chi connectivity index (χ1n) is 8.83. The molecule has 0 fully saturated rings. The third-order valence-corrected chi connectivity index (χ3v) is 6.32. The first kappa shape index (κ1) is 18.2. The highest BCUT2D eigenvalue weighted by atomic mass is 32.2. The molecule has 28 heavy (non-hydrogen) atoms. The molecule has 3 aromatic carbocycles. The SMILES string of the molecule is Cc1ccc(S(=O)(=O)n2c(-c3ccccc3)cc(F)c2-c2ccccc2)cc1. The molecule has 0 aliphatic rings. The molecule has 0 spiro atoms. The molecule has 4 aromatic rings. The standard InChI is InChI=1S/C23H18FNO2S/c1-17-12-14-20(15-13-17)28(26,27)25-22(18-8-4-2-5-9-18)16-21(24)23(25)19-10-6-3-7-11-19/h2-16H,1H3. The number of aromatic nitrogens is 1. The van der Waals surface area contributed by atoms with Gasteiger partial charge in [-0.3, -0.25) is 0 Å². The molecule has 1 heterocycles.